The predicted molar refractivity (Wildman–Crippen MR) is 80.6 cm³/mol. The lowest BCUT2D eigenvalue weighted by atomic mass is 10.1. The van der Waals surface area contributed by atoms with E-state index in [0.29, 0.717) is 35.1 Å². The Bertz CT molecular complexity index is 546. The SMILES string of the molecule is CN(C)C(=O)c1ccc(N2CC(CCl)CC2=O)cc1Cl. The molecule has 1 atom stereocenters. The highest BCUT2D eigenvalue weighted by atomic mass is 35.5. The van der Waals surface area contributed by atoms with Crippen LogP contribution in [0, 0.1) is 5.92 Å². The first-order chi connectivity index (χ1) is 9.43. The van der Waals surface area contributed by atoms with Gasteiger partial charge in [-0.1, -0.05) is 11.6 Å². The molecule has 1 saturated heterocycles. The van der Waals surface area contributed by atoms with Crippen LogP contribution < -0.4 is 4.90 Å². The number of hydrogen-bond donors (Lipinski definition) is 0. The first-order valence-corrected chi connectivity index (χ1v) is 7.22. The van der Waals surface area contributed by atoms with Crippen molar-refractivity contribution in [3.05, 3.63) is 28.8 Å². The molecule has 0 aromatic heterocycles. The average molecular weight is 315 g/mol. The van der Waals surface area contributed by atoms with Gasteiger partial charge in [0.15, 0.2) is 0 Å². The maximum absolute atomic E-state index is 11.9. The second-order valence-electron chi connectivity index (χ2n) is 5.09. The zero-order valence-electron chi connectivity index (χ0n) is 11.4. The van der Waals surface area contributed by atoms with Crippen LogP contribution in [-0.4, -0.2) is 43.2 Å². The van der Waals surface area contributed by atoms with Crippen LogP contribution in [0.4, 0.5) is 5.69 Å². The molecule has 1 heterocycles. The maximum atomic E-state index is 11.9. The van der Waals surface area contributed by atoms with Gasteiger partial charge in [-0.25, -0.2) is 0 Å². The molecule has 1 aliphatic heterocycles. The highest BCUT2D eigenvalue weighted by molar-refractivity contribution is 6.34. The van der Waals surface area contributed by atoms with Crippen LogP contribution in [0.15, 0.2) is 18.2 Å². The van der Waals surface area contributed by atoms with E-state index in [1.807, 2.05) is 0 Å². The molecule has 1 aliphatic rings. The van der Waals surface area contributed by atoms with Gasteiger partial charge in [-0.2, -0.15) is 0 Å². The molecule has 2 rings (SSSR count). The Hall–Kier alpha value is -1.26. The monoisotopic (exact) mass is 314 g/mol. The summed E-state index contributed by atoms with van der Waals surface area (Å²) in [4.78, 5) is 27.0. The van der Waals surface area contributed by atoms with Gasteiger partial charge >= 0.3 is 0 Å². The van der Waals surface area contributed by atoms with Gasteiger partial charge in [0.1, 0.15) is 0 Å². The Balaban J connectivity index is 2.26. The lowest BCUT2D eigenvalue weighted by molar-refractivity contribution is -0.117. The molecule has 1 aromatic carbocycles. The lowest BCUT2D eigenvalue weighted by Gasteiger charge is -2.18. The third-order valence-electron chi connectivity index (χ3n) is 3.32. The highest BCUT2D eigenvalue weighted by Crippen LogP contribution is 2.29. The largest absolute Gasteiger partial charge is 0.345 e. The second-order valence-corrected chi connectivity index (χ2v) is 5.81. The molecule has 0 spiro atoms. The molecule has 1 fully saturated rings. The van der Waals surface area contributed by atoms with Crippen molar-refractivity contribution in [1.29, 1.82) is 0 Å². The minimum Gasteiger partial charge on any atom is -0.345 e. The molecular formula is C14H16Cl2N2O2. The van der Waals surface area contributed by atoms with Crippen LogP contribution in [0.3, 0.4) is 0 Å². The van der Waals surface area contributed by atoms with E-state index in [9.17, 15) is 9.59 Å². The molecule has 0 N–H and O–H groups in total. The molecule has 1 unspecified atom stereocenters. The van der Waals surface area contributed by atoms with Crippen LogP contribution in [-0.2, 0) is 4.79 Å². The number of halogens is 2. The molecule has 2 amide bonds. The molecule has 0 saturated carbocycles. The third kappa shape index (κ3) is 2.91. The van der Waals surface area contributed by atoms with Gasteiger partial charge in [0.2, 0.25) is 5.91 Å². The molecule has 4 nitrogen and oxygen atoms in total. The van der Waals surface area contributed by atoms with E-state index in [-0.39, 0.29) is 17.7 Å². The number of benzene rings is 1. The third-order valence-corrected chi connectivity index (χ3v) is 4.07. The van der Waals surface area contributed by atoms with Crippen molar-refractivity contribution in [2.75, 3.05) is 31.4 Å². The van der Waals surface area contributed by atoms with Crippen LogP contribution in [0.2, 0.25) is 5.02 Å². The minimum absolute atomic E-state index is 0.0402. The molecule has 6 heteroatoms. The summed E-state index contributed by atoms with van der Waals surface area (Å²) in [5.74, 6) is 0.519. The van der Waals surface area contributed by atoms with Gasteiger partial charge in [-0.05, 0) is 24.1 Å². The number of anilines is 1. The summed E-state index contributed by atoms with van der Waals surface area (Å²) < 4.78 is 0. The van der Waals surface area contributed by atoms with Gasteiger partial charge in [-0.3, -0.25) is 9.59 Å². The van der Waals surface area contributed by atoms with E-state index < -0.39 is 0 Å². The normalized spacial score (nSPS) is 18.5. The number of hydrogen-bond acceptors (Lipinski definition) is 2. The quantitative estimate of drug-likeness (QED) is 0.805. The Morgan fingerprint density at radius 2 is 2.15 bits per heavy atom. The summed E-state index contributed by atoms with van der Waals surface area (Å²) in [7, 11) is 3.34. The fourth-order valence-corrected chi connectivity index (χ4v) is 2.68. The van der Waals surface area contributed by atoms with E-state index in [2.05, 4.69) is 0 Å². The number of carbonyl (C=O) groups excluding carboxylic acids is 2. The van der Waals surface area contributed by atoms with Crippen LogP contribution in [0.5, 0.6) is 0 Å². The number of nitrogens with zero attached hydrogens (tertiary/aromatic N) is 2. The molecule has 108 valence electrons. The Kier molecular flexibility index (Phi) is 4.55. The molecule has 0 radical (unpaired) electrons. The van der Waals surface area contributed by atoms with E-state index in [0.717, 1.165) is 0 Å². The van der Waals surface area contributed by atoms with E-state index in [4.69, 9.17) is 23.2 Å². The van der Waals surface area contributed by atoms with Crippen molar-refractivity contribution in [1.82, 2.24) is 4.90 Å². The fraction of sp³-hybridized carbons (Fsp3) is 0.429. The van der Waals surface area contributed by atoms with Gasteiger partial charge in [-0.15, -0.1) is 11.6 Å². The second kappa shape index (κ2) is 6.02. The van der Waals surface area contributed by atoms with Crippen molar-refractivity contribution in [2.24, 2.45) is 5.92 Å². The van der Waals surface area contributed by atoms with Gasteiger partial charge in [0, 0.05) is 38.6 Å². The molecule has 20 heavy (non-hydrogen) atoms. The fourth-order valence-electron chi connectivity index (χ4n) is 2.22. The Morgan fingerprint density at radius 3 is 2.65 bits per heavy atom. The summed E-state index contributed by atoms with van der Waals surface area (Å²) in [6.07, 6.45) is 0.458. The summed E-state index contributed by atoms with van der Waals surface area (Å²) in [5, 5.41) is 0.350. The first kappa shape index (κ1) is 15.1. The highest BCUT2D eigenvalue weighted by Gasteiger charge is 2.30. The van der Waals surface area contributed by atoms with E-state index in [1.54, 1.807) is 37.2 Å². The average Bonchev–Trinajstić information content (AvgIpc) is 2.79. The van der Waals surface area contributed by atoms with Gasteiger partial charge in [0.05, 0.1) is 10.6 Å². The van der Waals surface area contributed by atoms with Crippen molar-refractivity contribution < 1.29 is 9.59 Å². The number of alkyl halides is 1. The van der Waals surface area contributed by atoms with Gasteiger partial charge < -0.3 is 9.80 Å². The topological polar surface area (TPSA) is 40.6 Å². The molecule has 0 aliphatic carbocycles. The van der Waals surface area contributed by atoms with Crippen molar-refractivity contribution in [2.45, 2.75) is 6.42 Å². The van der Waals surface area contributed by atoms with Crippen molar-refractivity contribution in [3.63, 3.8) is 0 Å². The number of rotatable bonds is 3. The smallest absolute Gasteiger partial charge is 0.254 e. The van der Waals surface area contributed by atoms with Gasteiger partial charge in [0.25, 0.3) is 5.91 Å². The van der Waals surface area contributed by atoms with Crippen LogP contribution in [0.25, 0.3) is 0 Å². The summed E-state index contributed by atoms with van der Waals surface area (Å²) in [6.45, 7) is 0.597. The Labute approximate surface area is 128 Å². The van der Waals surface area contributed by atoms with Crippen molar-refractivity contribution in [3.8, 4) is 0 Å². The minimum atomic E-state index is -0.159. The van der Waals surface area contributed by atoms with Crippen LogP contribution >= 0.6 is 23.2 Å². The maximum Gasteiger partial charge on any atom is 0.254 e. The molecule has 0 bridgehead atoms. The van der Waals surface area contributed by atoms with Crippen molar-refractivity contribution >= 4 is 40.7 Å². The lowest BCUT2D eigenvalue weighted by Crippen LogP contribution is -2.25. The summed E-state index contributed by atoms with van der Waals surface area (Å²) in [6, 6.07) is 5.06. The zero-order valence-corrected chi connectivity index (χ0v) is 12.9. The number of carbonyl (C=O) groups is 2. The molecule has 1 aromatic rings. The van der Waals surface area contributed by atoms with E-state index >= 15 is 0 Å². The standard InChI is InChI=1S/C14H16Cl2N2O2/c1-17(2)14(20)11-4-3-10(6-12(11)16)18-8-9(7-15)5-13(18)19/h3-4,6,9H,5,7-8H2,1-2H3. The number of amides is 2. The zero-order chi connectivity index (χ0) is 14.9. The predicted octanol–water partition coefficient (Wildman–Crippen LogP) is 2.63. The van der Waals surface area contributed by atoms with E-state index in [1.165, 1.54) is 4.90 Å². The molecular weight excluding hydrogens is 299 g/mol. The summed E-state index contributed by atoms with van der Waals surface area (Å²) in [5.41, 5.74) is 1.14. The Morgan fingerprint density at radius 1 is 1.45 bits per heavy atom. The first-order valence-electron chi connectivity index (χ1n) is 6.31. The van der Waals surface area contributed by atoms with Crippen LogP contribution in [0.1, 0.15) is 16.8 Å². The summed E-state index contributed by atoms with van der Waals surface area (Å²) >= 11 is 12.0.